The van der Waals surface area contributed by atoms with E-state index < -0.39 is 0 Å². The highest BCUT2D eigenvalue weighted by Gasteiger charge is 2.14. The van der Waals surface area contributed by atoms with E-state index in [4.69, 9.17) is 5.73 Å². The van der Waals surface area contributed by atoms with E-state index in [1.54, 1.807) is 0 Å². The fourth-order valence-corrected chi connectivity index (χ4v) is 1.82. The third kappa shape index (κ3) is 8.16. The van der Waals surface area contributed by atoms with Gasteiger partial charge in [-0.15, -0.1) is 0 Å². The molecule has 1 atom stereocenters. The van der Waals surface area contributed by atoms with E-state index in [0.29, 0.717) is 19.1 Å². The quantitative estimate of drug-likeness (QED) is 0.643. The lowest BCUT2D eigenvalue weighted by atomic mass is 10.2. The molecule has 17 heavy (non-hydrogen) atoms. The van der Waals surface area contributed by atoms with Crippen molar-refractivity contribution in [2.24, 2.45) is 5.73 Å². The first-order valence-corrected chi connectivity index (χ1v) is 6.74. The molecule has 0 aromatic rings. The molecule has 0 saturated heterocycles. The number of amides is 1. The first kappa shape index (κ1) is 16.4. The summed E-state index contributed by atoms with van der Waals surface area (Å²) in [5.74, 6) is 0.122. The monoisotopic (exact) mass is 243 g/mol. The second kappa shape index (κ2) is 9.42. The van der Waals surface area contributed by atoms with Gasteiger partial charge in [0.15, 0.2) is 0 Å². The van der Waals surface area contributed by atoms with Gasteiger partial charge in [0.05, 0.1) is 6.54 Å². The zero-order valence-corrected chi connectivity index (χ0v) is 11.8. The van der Waals surface area contributed by atoms with Gasteiger partial charge in [-0.1, -0.05) is 13.3 Å². The number of nitrogens with zero attached hydrogens (tertiary/aromatic N) is 1. The highest BCUT2D eigenvalue weighted by Crippen LogP contribution is 2.00. The van der Waals surface area contributed by atoms with E-state index in [1.165, 1.54) is 0 Å². The van der Waals surface area contributed by atoms with Crippen molar-refractivity contribution in [1.29, 1.82) is 0 Å². The maximum absolute atomic E-state index is 11.8. The molecule has 4 heteroatoms. The maximum Gasteiger partial charge on any atom is 0.234 e. The zero-order valence-electron chi connectivity index (χ0n) is 11.8. The molecule has 0 spiro atoms. The topological polar surface area (TPSA) is 58.4 Å². The van der Waals surface area contributed by atoms with Crippen molar-refractivity contribution in [2.45, 2.75) is 59.0 Å². The van der Waals surface area contributed by atoms with Crippen LogP contribution in [0.4, 0.5) is 0 Å². The van der Waals surface area contributed by atoms with Crippen molar-refractivity contribution < 1.29 is 4.79 Å². The molecule has 0 aromatic heterocycles. The van der Waals surface area contributed by atoms with E-state index in [0.717, 1.165) is 25.8 Å². The number of carbonyl (C=O) groups is 1. The highest BCUT2D eigenvalue weighted by atomic mass is 16.2. The van der Waals surface area contributed by atoms with Crippen LogP contribution in [0, 0.1) is 0 Å². The molecule has 1 unspecified atom stereocenters. The number of nitrogens with one attached hydrogen (secondary N) is 1. The van der Waals surface area contributed by atoms with Crippen molar-refractivity contribution in [3.05, 3.63) is 0 Å². The molecule has 4 nitrogen and oxygen atoms in total. The number of hydrogen-bond donors (Lipinski definition) is 2. The molecular formula is C13H29N3O. The van der Waals surface area contributed by atoms with Crippen molar-refractivity contribution in [3.63, 3.8) is 0 Å². The summed E-state index contributed by atoms with van der Waals surface area (Å²) in [5, 5.41) is 3.03. The molecule has 102 valence electrons. The Hall–Kier alpha value is -0.610. The molecule has 0 aliphatic heterocycles. The van der Waals surface area contributed by atoms with E-state index in [9.17, 15) is 4.79 Å². The Morgan fingerprint density at radius 3 is 2.47 bits per heavy atom. The summed E-state index contributed by atoms with van der Waals surface area (Å²) >= 11 is 0. The maximum atomic E-state index is 11.8. The third-order valence-electron chi connectivity index (χ3n) is 2.86. The van der Waals surface area contributed by atoms with Crippen molar-refractivity contribution in [1.82, 2.24) is 10.2 Å². The predicted octanol–water partition coefficient (Wildman–Crippen LogP) is 1.35. The fraction of sp³-hybridized carbons (Fsp3) is 0.923. The molecule has 0 bridgehead atoms. The van der Waals surface area contributed by atoms with Crippen LogP contribution in [0.15, 0.2) is 0 Å². The lowest BCUT2D eigenvalue weighted by Gasteiger charge is -2.26. The van der Waals surface area contributed by atoms with Crippen molar-refractivity contribution in [2.75, 3.05) is 19.6 Å². The average Bonchev–Trinajstić information content (AvgIpc) is 2.23. The predicted molar refractivity (Wildman–Crippen MR) is 72.9 cm³/mol. The number of rotatable bonds is 9. The van der Waals surface area contributed by atoms with Gasteiger partial charge in [0.25, 0.3) is 0 Å². The summed E-state index contributed by atoms with van der Waals surface area (Å²) in [5.41, 5.74) is 5.50. The minimum Gasteiger partial charge on any atom is -0.353 e. The largest absolute Gasteiger partial charge is 0.353 e. The van der Waals surface area contributed by atoms with E-state index in [-0.39, 0.29) is 11.9 Å². The lowest BCUT2D eigenvalue weighted by molar-refractivity contribution is -0.123. The third-order valence-corrected chi connectivity index (χ3v) is 2.86. The zero-order chi connectivity index (χ0) is 13.3. The first-order valence-electron chi connectivity index (χ1n) is 6.74. The summed E-state index contributed by atoms with van der Waals surface area (Å²) < 4.78 is 0. The van der Waals surface area contributed by atoms with Crippen LogP contribution in [-0.4, -0.2) is 42.5 Å². The Morgan fingerprint density at radius 1 is 1.35 bits per heavy atom. The van der Waals surface area contributed by atoms with Crippen molar-refractivity contribution in [3.8, 4) is 0 Å². The van der Waals surface area contributed by atoms with Gasteiger partial charge in [0.1, 0.15) is 0 Å². The molecular weight excluding hydrogens is 214 g/mol. The summed E-state index contributed by atoms with van der Waals surface area (Å²) in [6.45, 7) is 10.5. The van der Waals surface area contributed by atoms with Gasteiger partial charge >= 0.3 is 0 Å². The molecule has 1 amide bonds. The Morgan fingerprint density at radius 2 is 2.00 bits per heavy atom. The Kier molecular flexibility index (Phi) is 9.09. The van der Waals surface area contributed by atoms with Crippen LogP contribution in [0.3, 0.4) is 0 Å². The summed E-state index contributed by atoms with van der Waals surface area (Å²) in [4.78, 5) is 14.0. The minimum absolute atomic E-state index is 0.122. The van der Waals surface area contributed by atoms with Gasteiger partial charge in [0.2, 0.25) is 5.91 Å². The molecule has 0 heterocycles. The fourth-order valence-electron chi connectivity index (χ4n) is 1.82. The van der Waals surface area contributed by atoms with Gasteiger partial charge in [0, 0.05) is 18.6 Å². The Balaban J connectivity index is 4.02. The molecule has 0 aliphatic rings. The van der Waals surface area contributed by atoms with Crippen LogP contribution in [-0.2, 0) is 4.79 Å². The Bertz CT molecular complexity index is 207. The molecule has 0 aliphatic carbocycles. The summed E-state index contributed by atoms with van der Waals surface area (Å²) in [6, 6.07) is 0.657. The second-order valence-electron chi connectivity index (χ2n) is 4.96. The van der Waals surface area contributed by atoms with Gasteiger partial charge < -0.3 is 11.1 Å². The number of nitrogens with two attached hydrogens (primary N) is 1. The van der Waals surface area contributed by atoms with E-state index in [2.05, 4.69) is 37.9 Å². The molecule has 0 aromatic carbocycles. The minimum atomic E-state index is 0.122. The van der Waals surface area contributed by atoms with Crippen molar-refractivity contribution >= 4 is 5.91 Å². The van der Waals surface area contributed by atoms with E-state index >= 15 is 0 Å². The molecule has 0 saturated carbocycles. The number of carbonyl (C=O) groups excluding carboxylic acids is 1. The molecule has 0 radical (unpaired) electrons. The van der Waals surface area contributed by atoms with E-state index in [1.807, 2.05) is 0 Å². The molecule has 3 N–H and O–H groups in total. The van der Waals surface area contributed by atoms with Crippen LogP contribution in [0.25, 0.3) is 0 Å². The summed E-state index contributed by atoms with van der Waals surface area (Å²) in [6.07, 6.45) is 3.08. The van der Waals surface area contributed by atoms with Crippen LogP contribution in [0.2, 0.25) is 0 Å². The van der Waals surface area contributed by atoms with Crippen LogP contribution < -0.4 is 11.1 Å². The smallest absolute Gasteiger partial charge is 0.234 e. The number of hydrogen-bond acceptors (Lipinski definition) is 3. The first-order chi connectivity index (χ1) is 8.01. The second-order valence-corrected chi connectivity index (χ2v) is 4.96. The summed E-state index contributed by atoms with van der Waals surface area (Å²) in [7, 11) is 0. The normalized spacial score (nSPS) is 13.1. The highest BCUT2D eigenvalue weighted by molar-refractivity contribution is 5.78. The molecule has 0 fully saturated rings. The van der Waals surface area contributed by atoms with Gasteiger partial charge in [-0.3, -0.25) is 9.69 Å². The van der Waals surface area contributed by atoms with Gasteiger partial charge in [-0.05, 0) is 40.2 Å². The van der Waals surface area contributed by atoms with Crippen LogP contribution in [0.1, 0.15) is 47.0 Å². The average molecular weight is 243 g/mol. The standard InChI is InChI=1S/C13H29N3O/c1-5-7-12(4)15-13(17)10-16(11(2)3)9-6-8-14/h11-12H,5-10,14H2,1-4H3,(H,15,17). The SMILES string of the molecule is CCCC(C)NC(=O)CN(CCCN)C(C)C. The van der Waals surface area contributed by atoms with Gasteiger partial charge in [-0.2, -0.15) is 0 Å². The van der Waals surface area contributed by atoms with Crippen LogP contribution >= 0.6 is 0 Å². The Labute approximate surface area is 106 Å². The molecule has 0 rings (SSSR count). The lowest BCUT2D eigenvalue weighted by Crippen LogP contribution is -2.44. The van der Waals surface area contributed by atoms with Gasteiger partial charge in [-0.25, -0.2) is 0 Å². The van der Waals surface area contributed by atoms with Crippen LogP contribution in [0.5, 0.6) is 0 Å².